The van der Waals surface area contributed by atoms with Crippen molar-refractivity contribution in [1.29, 1.82) is 0 Å². The molecule has 2 unspecified atom stereocenters. The Labute approximate surface area is 165 Å². The van der Waals surface area contributed by atoms with Crippen LogP contribution in [0.4, 0.5) is 5.69 Å². The minimum atomic E-state index is -3.63. The zero-order chi connectivity index (χ0) is 19.6. The average molecular weight is 407 g/mol. The Hall–Kier alpha value is -1.89. The maximum Gasteiger partial charge on any atom is 0.255 e. The molecule has 1 aliphatic heterocycles. The van der Waals surface area contributed by atoms with Gasteiger partial charge in [0.25, 0.3) is 5.91 Å². The lowest BCUT2D eigenvalue weighted by molar-refractivity contribution is 0.102. The third-order valence-electron chi connectivity index (χ3n) is 4.67. The van der Waals surface area contributed by atoms with Gasteiger partial charge in [-0.05, 0) is 60.7 Å². The Bertz CT molecular complexity index is 918. The van der Waals surface area contributed by atoms with Crippen molar-refractivity contribution in [1.82, 2.24) is 4.31 Å². The van der Waals surface area contributed by atoms with Crippen LogP contribution >= 0.6 is 11.6 Å². The number of piperidine rings is 1. The number of carbonyl (C=O) groups excluding carboxylic acids is 1. The molecule has 0 radical (unpaired) electrons. The highest BCUT2D eigenvalue weighted by molar-refractivity contribution is 7.89. The molecule has 0 saturated carbocycles. The summed E-state index contributed by atoms with van der Waals surface area (Å²) >= 11 is 5.85. The van der Waals surface area contributed by atoms with E-state index in [4.69, 9.17) is 11.6 Å². The van der Waals surface area contributed by atoms with Gasteiger partial charge in [0.05, 0.1) is 4.90 Å². The summed E-state index contributed by atoms with van der Waals surface area (Å²) in [5, 5.41) is 3.33. The van der Waals surface area contributed by atoms with Gasteiger partial charge in [-0.25, -0.2) is 8.42 Å². The fraction of sp³-hybridized carbons (Fsp3) is 0.350. The van der Waals surface area contributed by atoms with Gasteiger partial charge in [0.15, 0.2) is 0 Å². The molecule has 144 valence electrons. The highest BCUT2D eigenvalue weighted by Crippen LogP contribution is 2.27. The molecule has 0 aliphatic carbocycles. The average Bonchev–Trinajstić information content (AvgIpc) is 2.63. The Morgan fingerprint density at radius 2 is 1.70 bits per heavy atom. The minimum absolute atomic E-state index is 0.146. The molecule has 3 rings (SSSR count). The second-order valence-corrected chi connectivity index (χ2v) is 9.63. The van der Waals surface area contributed by atoms with Crippen molar-refractivity contribution in [2.24, 2.45) is 11.8 Å². The predicted molar refractivity (Wildman–Crippen MR) is 108 cm³/mol. The lowest BCUT2D eigenvalue weighted by Gasteiger charge is -2.34. The maximum atomic E-state index is 13.0. The molecule has 1 heterocycles. The molecule has 2 atom stereocenters. The summed E-state index contributed by atoms with van der Waals surface area (Å²) in [4.78, 5) is 12.7. The van der Waals surface area contributed by atoms with Gasteiger partial charge in [0.1, 0.15) is 0 Å². The summed E-state index contributed by atoms with van der Waals surface area (Å²) in [6.45, 7) is 5.14. The molecule has 1 aliphatic rings. The first-order valence-corrected chi connectivity index (χ1v) is 10.7. The van der Waals surface area contributed by atoms with E-state index in [1.807, 2.05) is 0 Å². The van der Waals surface area contributed by atoms with Gasteiger partial charge in [-0.2, -0.15) is 4.31 Å². The number of rotatable bonds is 4. The number of amides is 1. The summed E-state index contributed by atoms with van der Waals surface area (Å²) in [5.41, 5.74) is 0.889. The van der Waals surface area contributed by atoms with Gasteiger partial charge in [-0.1, -0.05) is 31.5 Å². The zero-order valence-electron chi connectivity index (χ0n) is 15.4. The van der Waals surface area contributed by atoms with E-state index in [0.717, 1.165) is 6.42 Å². The number of nitrogens with zero attached hydrogens (tertiary/aromatic N) is 1. The van der Waals surface area contributed by atoms with Crippen molar-refractivity contribution in [3.63, 3.8) is 0 Å². The number of anilines is 1. The first-order valence-electron chi connectivity index (χ1n) is 8.93. The van der Waals surface area contributed by atoms with E-state index in [0.29, 0.717) is 41.2 Å². The molecule has 0 spiro atoms. The number of sulfonamides is 1. The van der Waals surface area contributed by atoms with Crippen LogP contribution in [0.2, 0.25) is 5.02 Å². The second-order valence-electron chi connectivity index (χ2n) is 7.26. The van der Waals surface area contributed by atoms with Crippen LogP contribution in [0.1, 0.15) is 30.6 Å². The molecule has 1 saturated heterocycles. The lowest BCUT2D eigenvalue weighted by atomic mass is 9.94. The Morgan fingerprint density at radius 3 is 2.33 bits per heavy atom. The summed E-state index contributed by atoms with van der Waals surface area (Å²) < 4.78 is 27.6. The normalized spacial score (nSPS) is 21.0. The number of carbonyl (C=O) groups is 1. The largest absolute Gasteiger partial charge is 0.322 e. The number of hydrogen-bond acceptors (Lipinski definition) is 3. The van der Waals surface area contributed by atoms with E-state index in [-0.39, 0.29) is 10.8 Å². The molecular formula is C20H23ClN2O3S. The predicted octanol–water partition coefficient (Wildman–Crippen LogP) is 4.26. The van der Waals surface area contributed by atoms with E-state index in [2.05, 4.69) is 19.2 Å². The van der Waals surface area contributed by atoms with E-state index >= 15 is 0 Å². The summed E-state index contributed by atoms with van der Waals surface area (Å²) in [6.07, 6.45) is 1.02. The topological polar surface area (TPSA) is 66.5 Å². The molecule has 1 N–H and O–H groups in total. The van der Waals surface area contributed by atoms with Gasteiger partial charge in [-0.15, -0.1) is 0 Å². The quantitative estimate of drug-likeness (QED) is 0.824. The minimum Gasteiger partial charge on any atom is -0.322 e. The Morgan fingerprint density at radius 1 is 1.07 bits per heavy atom. The molecule has 0 aromatic heterocycles. The van der Waals surface area contributed by atoms with Crippen LogP contribution in [-0.4, -0.2) is 31.7 Å². The van der Waals surface area contributed by atoms with Crippen LogP contribution in [-0.2, 0) is 10.0 Å². The third-order valence-corrected chi connectivity index (χ3v) is 6.75. The van der Waals surface area contributed by atoms with Crippen LogP contribution in [0.5, 0.6) is 0 Å². The first-order chi connectivity index (χ1) is 12.8. The first kappa shape index (κ1) is 19.9. The van der Waals surface area contributed by atoms with Gasteiger partial charge in [-0.3, -0.25) is 4.79 Å². The molecule has 2 aromatic carbocycles. The summed E-state index contributed by atoms with van der Waals surface area (Å²) in [5.74, 6) is 0.273. The fourth-order valence-electron chi connectivity index (χ4n) is 3.49. The lowest BCUT2D eigenvalue weighted by Crippen LogP contribution is -2.42. The van der Waals surface area contributed by atoms with Crippen LogP contribution in [0, 0.1) is 11.8 Å². The molecule has 2 aromatic rings. The molecule has 5 nitrogen and oxygen atoms in total. The fourth-order valence-corrected chi connectivity index (χ4v) is 5.34. The SMILES string of the molecule is CC1CC(C)CN(S(=O)(=O)c2cccc(C(=O)Nc3ccc(Cl)cc3)c2)C1. The summed E-state index contributed by atoms with van der Waals surface area (Å²) in [6, 6.07) is 12.9. The number of benzene rings is 2. The van der Waals surface area contributed by atoms with Crippen molar-refractivity contribution in [3.05, 3.63) is 59.1 Å². The zero-order valence-corrected chi connectivity index (χ0v) is 16.9. The van der Waals surface area contributed by atoms with Crippen molar-refractivity contribution in [2.75, 3.05) is 18.4 Å². The second kappa shape index (κ2) is 8.00. The summed E-state index contributed by atoms with van der Waals surface area (Å²) in [7, 11) is -3.63. The highest BCUT2D eigenvalue weighted by atomic mass is 35.5. The number of nitrogens with one attached hydrogen (secondary N) is 1. The molecule has 27 heavy (non-hydrogen) atoms. The van der Waals surface area contributed by atoms with Crippen LogP contribution < -0.4 is 5.32 Å². The smallest absolute Gasteiger partial charge is 0.255 e. The van der Waals surface area contributed by atoms with E-state index in [1.54, 1.807) is 42.5 Å². The van der Waals surface area contributed by atoms with Crippen molar-refractivity contribution in [3.8, 4) is 0 Å². The number of halogens is 1. The van der Waals surface area contributed by atoms with Gasteiger partial charge in [0, 0.05) is 29.4 Å². The molecular weight excluding hydrogens is 384 g/mol. The molecule has 0 bridgehead atoms. The van der Waals surface area contributed by atoms with Crippen LogP contribution in [0.3, 0.4) is 0 Å². The highest BCUT2D eigenvalue weighted by Gasteiger charge is 2.31. The monoisotopic (exact) mass is 406 g/mol. The van der Waals surface area contributed by atoms with Crippen molar-refractivity contribution in [2.45, 2.75) is 25.2 Å². The Balaban J connectivity index is 1.82. The van der Waals surface area contributed by atoms with Crippen LogP contribution in [0.25, 0.3) is 0 Å². The molecule has 1 fully saturated rings. The van der Waals surface area contributed by atoms with E-state index < -0.39 is 10.0 Å². The van der Waals surface area contributed by atoms with E-state index in [9.17, 15) is 13.2 Å². The third kappa shape index (κ3) is 4.69. The van der Waals surface area contributed by atoms with Crippen molar-refractivity contribution < 1.29 is 13.2 Å². The Kier molecular flexibility index (Phi) is 5.89. The van der Waals surface area contributed by atoms with Gasteiger partial charge >= 0.3 is 0 Å². The van der Waals surface area contributed by atoms with Crippen LogP contribution in [0.15, 0.2) is 53.4 Å². The molecule has 7 heteroatoms. The van der Waals surface area contributed by atoms with Gasteiger partial charge in [0.2, 0.25) is 10.0 Å². The maximum absolute atomic E-state index is 13.0. The standard InChI is InChI=1S/C20H23ClN2O3S/c1-14-10-15(2)13-23(12-14)27(25,26)19-5-3-4-16(11-19)20(24)22-18-8-6-17(21)7-9-18/h3-9,11,14-15H,10,12-13H2,1-2H3,(H,22,24). The van der Waals surface area contributed by atoms with Gasteiger partial charge < -0.3 is 5.32 Å². The molecule has 1 amide bonds. The number of hydrogen-bond donors (Lipinski definition) is 1. The van der Waals surface area contributed by atoms with Crippen molar-refractivity contribution >= 4 is 33.2 Å². The van der Waals surface area contributed by atoms with E-state index in [1.165, 1.54) is 10.4 Å².